The van der Waals surface area contributed by atoms with Crippen molar-refractivity contribution in [3.63, 3.8) is 0 Å². The van der Waals surface area contributed by atoms with Gasteiger partial charge in [0.1, 0.15) is 10.8 Å². The number of nitrogens with zero attached hydrogens (tertiary/aromatic N) is 4. The third-order valence-corrected chi connectivity index (χ3v) is 4.41. The second-order valence-corrected chi connectivity index (χ2v) is 6.08. The molecule has 0 atom stereocenters. The number of piperidine rings is 1. The van der Waals surface area contributed by atoms with Crippen LogP contribution in [0.15, 0.2) is 36.9 Å². The molecule has 0 unspecified atom stereocenters. The molecule has 2 aromatic rings. The standard InChI is InChI=1S/C16H21ClN4O/c17-15-12-18-6-2-16(15)22-13-14-3-8-20(9-4-14)10-11-21-7-1-5-19-21/h1-2,5-7,12,14H,3-4,8-11,13H2. The summed E-state index contributed by atoms with van der Waals surface area (Å²) in [5.41, 5.74) is 0. The first kappa shape index (κ1) is 15.3. The number of pyridine rings is 1. The van der Waals surface area contributed by atoms with Gasteiger partial charge < -0.3 is 9.64 Å². The van der Waals surface area contributed by atoms with Gasteiger partial charge in [0.25, 0.3) is 0 Å². The average molecular weight is 321 g/mol. The second-order valence-electron chi connectivity index (χ2n) is 5.67. The van der Waals surface area contributed by atoms with Crippen LogP contribution < -0.4 is 4.74 Å². The summed E-state index contributed by atoms with van der Waals surface area (Å²) in [7, 11) is 0. The van der Waals surface area contributed by atoms with E-state index in [1.807, 2.05) is 29.2 Å². The summed E-state index contributed by atoms with van der Waals surface area (Å²) in [6.07, 6.45) is 9.50. The number of hydrogen-bond acceptors (Lipinski definition) is 4. The van der Waals surface area contributed by atoms with Gasteiger partial charge in [0, 0.05) is 37.4 Å². The van der Waals surface area contributed by atoms with Crippen LogP contribution in [0, 0.1) is 5.92 Å². The number of aromatic nitrogens is 3. The molecule has 1 fully saturated rings. The van der Waals surface area contributed by atoms with E-state index in [0.29, 0.717) is 10.9 Å². The topological polar surface area (TPSA) is 43.2 Å². The van der Waals surface area contributed by atoms with E-state index in [1.165, 1.54) is 12.8 Å². The maximum atomic E-state index is 6.05. The molecular formula is C16H21ClN4O. The van der Waals surface area contributed by atoms with Gasteiger partial charge in [-0.1, -0.05) is 11.6 Å². The van der Waals surface area contributed by atoms with Crippen LogP contribution >= 0.6 is 11.6 Å². The number of likely N-dealkylation sites (tertiary alicyclic amines) is 1. The van der Waals surface area contributed by atoms with Crippen LogP contribution in [0.25, 0.3) is 0 Å². The van der Waals surface area contributed by atoms with E-state index in [0.717, 1.165) is 38.5 Å². The van der Waals surface area contributed by atoms with Gasteiger partial charge in [-0.15, -0.1) is 0 Å². The third kappa shape index (κ3) is 4.21. The van der Waals surface area contributed by atoms with Crippen molar-refractivity contribution in [3.05, 3.63) is 41.9 Å². The Morgan fingerprint density at radius 3 is 2.82 bits per heavy atom. The fourth-order valence-corrected chi connectivity index (χ4v) is 2.91. The van der Waals surface area contributed by atoms with E-state index in [1.54, 1.807) is 12.4 Å². The molecular weight excluding hydrogens is 300 g/mol. The van der Waals surface area contributed by atoms with Crippen molar-refractivity contribution in [2.24, 2.45) is 5.92 Å². The highest BCUT2D eigenvalue weighted by Gasteiger charge is 2.19. The largest absolute Gasteiger partial charge is 0.492 e. The lowest BCUT2D eigenvalue weighted by molar-refractivity contribution is 0.137. The van der Waals surface area contributed by atoms with Crippen LogP contribution in [-0.2, 0) is 6.54 Å². The van der Waals surface area contributed by atoms with Gasteiger partial charge in [-0.05, 0) is 37.9 Å². The Bertz CT molecular complexity index is 567. The van der Waals surface area contributed by atoms with Crippen LogP contribution in [0.2, 0.25) is 5.02 Å². The van der Waals surface area contributed by atoms with E-state index in [2.05, 4.69) is 15.0 Å². The Labute approximate surface area is 135 Å². The Hall–Kier alpha value is -1.59. The summed E-state index contributed by atoms with van der Waals surface area (Å²) in [5, 5.41) is 4.82. The van der Waals surface area contributed by atoms with Crippen molar-refractivity contribution in [2.45, 2.75) is 19.4 Å². The van der Waals surface area contributed by atoms with Gasteiger partial charge in [0.05, 0.1) is 13.2 Å². The molecule has 0 aromatic carbocycles. The van der Waals surface area contributed by atoms with Gasteiger partial charge in [-0.3, -0.25) is 9.67 Å². The van der Waals surface area contributed by atoms with E-state index in [4.69, 9.17) is 16.3 Å². The number of rotatable bonds is 6. The molecule has 22 heavy (non-hydrogen) atoms. The normalized spacial score (nSPS) is 16.8. The van der Waals surface area contributed by atoms with Crippen molar-refractivity contribution in [1.82, 2.24) is 19.7 Å². The van der Waals surface area contributed by atoms with Crippen molar-refractivity contribution >= 4 is 11.6 Å². The second kappa shape index (κ2) is 7.61. The molecule has 1 aliphatic rings. The molecule has 2 aromatic heterocycles. The van der Waals surface area contributed by atoms with Gasteiger partial charge in [0.2, 0.25) is 0 Å². The lowest BCUT2D eigenvalue weighted by atomic mass is 9.98. The predicted octanol–water partition coefficient (Wildman–Crippen LogP) is 2.72. The number of hydrogen-bond donors (Lipinski definition) is 0. The highest BCUT2D eigenvalue weighted by atomic mass is 35.5. The molecule has 0 N–H and O–H groups in total. The molecule has 0 saturated carbocycles. The maximum Gasteiger partial charge on any atom is 0.141 e. The summed E-state index contributed by atoms with van der Waals surface area (Å²) in [6.45, 7) is 5.00. The first-order chi connectivity index (χ1) is 10.8. The van der Waals surface area contributed by atoms with E-state index in [9.17, 15) is 0 Å². The van der Waals surface area contributed by atoms with Crippen LogP contribution in [0.5, 0.6) is 5.75 Å². The molecule has 5 nitrogen and oxygen atoms in total. The zero-order valence-electron chi connectivity index (χ0n) is 12.6. The summed E-state index contributed by atoms with van der Waals surface area (Å²) < 4.78 is 7.81. The van der Waals surface area contributed by atoms with E-state index < -0.39 is 0 Å². The van der Waals surface area contributed by atoms with Crippen molar-refractivity contribution in [2.75, 3.05) is 26.2 Å². The molecule has 1 saturated heterocycles. The lowest BCUT2D eigenvalue weighted by Gasteiger charge is -2.31. The maximum absolute atomic E-state index is 6.05. The van der Waals surface area contributed by atoms with Crippen LogP contribution in [0.4, 0.5) is 0 Å². The fourth-order valence-electron chi connectivity index (χ4n) is 2.74. The molecule has 0 bridgehead atoms. The minimum Gasteiger partial charge on any atom is -0.492 e. The molecule has 3 rings (SSSR count). The summed E-state index contributed by atoms with van der Waals surface area (Å²) in [4.78, 5) is 6.46. The highest BCUT2D eigenvalue weighted by molar-refractivity contribution is 6.31. The Balaban J connectivity index is 1.37. The number of halogens is 1. The molecule has 0 radical (unpaired) electrons. The molecule has 0 spiro atoms. The van der Waals surface area contributed by atoms with Gasteiger partial charge in [0.15, 0.2) is 0 Å². The summed E-state index contributed by atoms with van der Waals surface area (Å²) >= 11 is 6.05. The zero-order valence-corrected chi connectivity index (χ0v) is 13.3. The number of ether oxygens (including phenoxy) is 1. The molecule has 3 heterocycles. The van der Waals surface area contributed by atoms with Crippen molar-refractivity contribution in [3.8, 4) is 5.75 Å². The quantitative estimate of drug-likeness (QED) is 0.821. The SMILES string of the molecule is Clc1cnccc1OCC1CCN(CCn2cccn2)CC1. The average Bonchev–Trinajstić information content (AvgIpc) is 3.07. The van der Waals surface area contributed by atoms with Gasteiger partial charge in [-0.2, -0.15) is 5.10 Å². The third-order valence-electron chi connectivity index (χ3n) is 4.12. The van der Waals surface area contributed by atoms with Gasteiger partial charge >= 0.3 is 0 Å². The predicted molar refractivity (Wildman–Crippen MR) is 86.1 cm³/mol. The molecule has 0 aliphatic carbocycles. The van der Waals surface area contributed by atoms with Gasteiger partial charge in [-0.25, -0.2) is 0 Å². The van der Waals surface area contributed by atoms with Crippen LogP contribution in [0.3, 0.4) is 0 Å². The molecule has 1 aliphatic heterocycles. The first-order valence-corrected chi connectivity index (χ1v) is 8.11. The first-order valence-electron chi connectivity index (χ1n) is 7.73. The minimum atomic E-state index is 0.583. The smallest absolute Gasteiger partial charge is 0.141 e. The molecule has 6 heteroatoms. The zero-order chi connectivity index (χ0) is 15.2. The minimum absolute atomic E-state index is 0.583. The molecule has 118 valence electrons. The Morgan fingerprint density at radius 1 is 1.23 bits per heavy atom. The van der Waals surface area contributed by atoms with E-state index in [-0.39, 0.29) is 0 Å². The fraction of sp³-hybridized carbons (Fsp3) is 0.500. The Morgan fingerprint density at radius 2 is 2.09 bits per heavy atom. The van der Waals surface area contributed by atoms with Crippen LogP contribution in [0.1, 0.15) is 12.8 Å². The monoisotopic (exact) mass is 320 g/mol. The van der Waals surface area contributed by atoms with Crippen molar-refractivity contribution in [1.29, 1.82) is 0 Å². The lowest BCUT2D eigenvalue weighted by Crippen LogP contribution is -2.37. The van der Waals surface area contributed by atoms with Crippen LogP contribution in [-0.4, -0.2) is 45.9 Å². The summed E-state index contributed by atoms with van der Waals surface area (Å²) in [5.74, 6) is 1.34. The Kier molecular flexibility index (Phi) is 5.29. The van der Waals surface area contributed by atoms with Crippen molar-refractivity contribution < 1.29 is 4.74 Å². The molecule has 0 amide bonds. The highest BCUT2D eigenvalue weighted by Crippen LogP contribution is 2.24. The van der Waals surface area contributed by atoms with E-state index >= 15 is 0 Å². The summed E-state index contributed by atoms with van der Waals surface area (Å²) in [6, 6.07) is 3.79.